The SMILES string of the molecule is Cc1cc(/C=N\NC(=O)c2cc3ccccc3cc2O)c(C)n1-c1ccccc1F. The number of phenols is 1. The lowest BCUT2D eigenvalue weighted by molar-refractivity contribution is 0.0952. The summed E-state index contributed by atoms with van der Waals surface area (Å²) in [6.45, 7) is 3.74. The van der Waals surface area contributed by atoms with Crippen LogP contribution in [0.5, 0.6) is 5.75 Å². The summed E-state index contributed by atoms with van der Waals surface area (Å²) in [6.07, 6.45) is 1.51. The van der Waals surface area contributed by atoms with Crippen LogP contribution in [-0.4, -0.2) is 21.8 Å². The lowest BCUT2D eigenvalue weighted by atomic mass is 10.1. The number of benzene rings is 3. The van der Waals surface area contributed by atoms with Gasteiger partial charge < -0.3 is 9.67 Å². The van der Waals surface area contributed by atoms with Gasteiger partial charge in [0.05, 0.1) is 17.5 Å². The Balaban J connectivity index is 1.57. The highest BCUT2D eigenvalue weighted by Crippen LogP contribution is 2.25. The number of hydrogen-bond acceptors (Lipinski definition) is 3. The van der Waals surface area contributed by atoms with E-state index in [0.717, 1.165) is 27.7 Å². The summed E-state index contributed by atoms with van der Waals surface area (Å²) in [5, 5.41) is 15.9. The van der Waals surface area contributed by atoms with Crippen LogP contribution >= 0.6 is 0 Å². The number of phenolic OH excluding ortho intramolecular Hbond substituents is 1. The molecule has 0 saturated heterocycles. The maximum atomic E-state index is 14.2. The molecule has 3 aromatic carbocycles. The molecule has 5 nitrogen and oxygen atoms in total. The molecule has 4 aromatic rings. The summed E-state index contributed by atoms with van der Waals surface area (Å²) >= 11 is 0. The van der Waals surface area contributed by atoms with E-state index in [4.69, 9.17) is 0 Å². The molecule has 0 spiro atoms. The molecular formula is C24H20FN3O2. The molecular weight excluding hydrogens is 381 g/mol. The van der Waals surface area contributed by atoms with Crippen LogP contribution in [0.2, 0.25) is 0 Å². The number of aromatic hydroxyl groups is 1. The van der Waals surface area contributed by atoms with Crippen molar-refractivity contribution in [3.8, 4) is 11.4 Å². The summed E-state index contributed by atoms with van der Waals surface area (Å²) in [7, 11) is 0. The van der Waals surface area contributed by atoms with Crippen LogP contribution in [0.15, 0.2) is 71.8 Å². The zero-order valence-corrected chi connectivity index (χ0v) is 16.6. The minimum atomic E-state index is -0.516. The fourth-order valence-corrected chi connectivity index (χ4v) is 3.55. The van der Waals surface area contributed by atoms with E-state index < -0.39 is 5.91 Å². The largest absolute Gasteiger partial charge is 0.507 e. The molecule has 4 rings (SSSR count). The van der Waals surface area contributed by atoms with E-state index in [9.17, 15) is 14.3 Å². The zero-order chi connectivity index (χ0) is 21.3. The van der Waals surface area contributed by atoms with Gasteiger partial charge in [-0.3, -0.25) is 4.79 Å². The number of halogens is 1. The molecule has 1 heterocycles. The van der Waals surface area contributed by atoms with Crippen molar-refractivity contribution >= 4 is 22.9 Å². The van der Waals surface area contributed by atoms with Crippen molar-refractivity contribution in [2.45, 2.75) is 13.8 Å². The number of hydrazone groups is 1. The smallest absolute Gasteiger partial charge is 0.275 e. The molecule has 1 aromatic heterocycles. The summed E-state index contributed by atoms with van der Waals surface area (Å²) in [6, 6.07) is 19.1. The molecule has 6 heteroatoms. The van der Waals surface area contributed by atoms with Gasteiger partial charge in [-0.05, 0) is 55.0 Å². The standard InChI is InChI=1S/C24H20FN3O2/c1-15-11-19(16(2)28(15)22-10-6-5-9-21(22)25)14-26-27-24(30)20-12-17-7-3-4-8-18(17)13-23(20)29/h3-14,29H,1-2H3,(H,27,30)/b26-14-. The van der Waals surface area contributed by atoms with Gasteiger partial charge in [0.15, 0.2) is 0 Å². The Morgan fingerprint density at radius 1 is 1.03 bits per heavy atom. The number of para-hydroxylation sites is 1. The first-order chi connectivity index (χ1) is 14.5. The van der Waals surface area contributed by atoms with Crippen LogP contribution < -0.4 is 5.43 Å². The Morgan fingerprint density at radius 3 is 2.43 bits per heavy atom. The number of aryl methyl sites for hydroxylation is 1. The van der Waals surface area contributed by atoms with Crippen LogP contribution in [0.25, 0.3) is 16.5 Å². The molecule has 0 bridgehead atoms. The Morgan fingerprint density at radius 2 is 1.70 bits per heavy atom. The van der Waals surface area contributed by atoms with E-state index in [1.807, 2.05) is 44.2 Å². The molecule has 150 valence electrons. The molecule has 0 atom stereocenters. The summed E-state index contributed by atoms with van der Waals surface area (Å²) in [5.41, 5.74) is 5.43. The van der Waals surface area contributed by atoms with Gasteiger partial charge in [-0.15, -0.1) is 0 Å². The highest BCUT2D eigenvalue weighted by atomic mass is 19.1. The third kappa shape index (κ3) is 3.55. The highest BCUT2D eigenvalue weighted by Gasteiger charge is 2.14. The lowest BCUT2D eigenvalue weighted by Gasteiger charge is -2.10. The second kappa shape index (κ2) is 7.83. The highest BCUT2D eigenvalue weighted by molar-refractivity contribution is 6.01. The van der Waals surface area contributed by atoms with E-state index in [0.29, 0.717) is 5.69 Å². The monoisotopic (exact) mass is 401 g/mol. The van der Waals surface area contributed by atoms with Crippen molar-refractivity contribution in [3.05, 3.63) is 95.1 Å². The molecule has 0 unspecified atom stereocenters. The van der Waals surface area contributed by atoms with Crippen LogP contribution in [0.3, 0.4) is 0 Å². The molecule has 1 amide bonds. The number of carbonyl (C=O) groups is 1. The number of nitrogens with zero attached hydrogens (tertiary/aromatic N) is 2. The Kier molecular flexibility index (Phi) is 5.06. The van der Waals surface area contributed by atoms with E-state index in [1.165, 1.54) is 12.3 Å². The number of fused-ring (bicyclic) bond motifs is 1. The van der Waals surface area contributed by atoms with Gasteiger partial charge in [-0.1, -0.05) is 36.4 Å². The third-order valence-corrected chi connectivity index (χ3v) is 5.04. The average molecular weight is 401 g/mol. The predicted molar refractivity (Wildman–Crippen MR) is 116 cm³/mol. The van der Waals surface area contributed by atoms with Crippen LogP contribution in [0.4, 0.5) is 4.39 Å². The van der Waals surface area contributed by atoms with Gasteiger partial charge in [0.1, 0.15) is 11.6 Å². The van der Waals surface area contributed by atoms with Gasteiger partial charge in [0.25, 0.3) is 5.91 Å². The number of hydrogen-bond donors (Lipinski definition) is 2. The molecule has 0 aliphatic heterocycles. The van der Waals surface area contributed by atoms with E-state index in [-0.39, 0.29) is 17.1 Å². The quantitative estimate of drug-likeness (QED) is 0.379. The van der Waals surface area contributed by atoms with E-state index in [1.54, 1.807) is 34.9 Å². The third-order valence-electron chi connectivity index (χ3n) is 5.04. The van der Waals surface area contributed by atoms with Crippen molar-refractivity contribution in [3.63, 3.8) is 0 Å². The number of carbonyl (C=O) groups excluding carboxylic acids is 1. The second-order valence-corrected chi connectivity index (χ2v) is 7.03. The summed E-state index contributed by atoms with van der Waals surface area (Å²) in [4.78, 5) is 12.5. The number of rotatable bonds is 4. The maximum Gasteiger partial charge on any atom is 0.275 e. The minimum Gasteiger partial charge on any atom is -0.507 e. The Hall–Kier alpha value is -3.93. The van der Waals surface area contributed by atoms with E-state index >= 15 is 0 Å². The van der Waals surface area contributed by atoms with Gasteiger partial charge in [0.2, 0.25) is 0 Å². The molecule has 30 heavy (non-hydrogen) atoms. The Bertz CT molecular complexity index is 1290. The Labute approximate surface area is 173 Å². The van der Waals surface area contributed by atoms with Crippen LogP contribution in [0, 0.1) is 19.7 Å². The predicted octanol–water partition coefficient (Wildman–Crippen LogP) is 4.86. The van der Waals surface area contributed by atoms with Gasteiger partial charge >= 0.3 is 0 Å². The molecule has 0 fully saturated rings. The normalized spacial score (nSPS) is 11.3. The second-order valence-electron chi connectivity index (χ2n) is 7.03. The zero-order valence-electron chi connectivity index (χ0n) is 16.6. The van der Waals surface area contributed by atoms with Gasteiger partial charge in [-0.2, -0.15) is 5.10 Å². The first-order valence-electron chi connectivity index (χ1n) is 9.44. The first kappa shape index (κ1) is 19.4. The molecule has 0 saturated carbocycles. The number of aromatic nitrogens is 1. The molecule has 0 radical (unpaired) electrons. The number of amides is 1. The van der Waals surface area contributed by atoms with Crippen molar-refractivity contribution in [1.29, 1.82) is 0 Å². The summed E-state index contributed by atoms with van der Waals surface area (Å²) in [5.74, 6) is -0.945. The van der Waals surface area contributed by atoms with Gasteiger partial charge in [0, 0.05) is 17.0 Å². The van der Waals surface area contributed by atoms with Gasteiger partial charge in [-0.25, -0.2) is 9.82 Å². The maximum absolute atomic E-state index is 14.2. The molecule has 0 aliphatic carbocycles. The fraction of sp³-hybridized carbons (Fsp3) is 0.0833. The van der Waals surface area contributed by atoms with Crippen LogP contribution in [0.1, 0.15) is 27.3 Å². The fourth-order valence-electron chi connectivity index (χ4n) is 3.55. The van der Waals surface area contributed by atoms with Crippen molar-refractivity contribution in [1.82, 2.24) is 9.99 Å². The van der Waals surface area contributed by atoms with Crippen molar-refractivity contribution in [2.24, 2.45) is 5.10 Å². The van der Waals surface area contributed by atoms with Crippen molar-refractivity contribution in [2.75, 3.05) is 0 Å². The lowest BCUT2D eigenvalue weighted by Crippen LogP contribution is -2.17. The first-order valence-corrected chi connectivity index (χ1v) is 9.44. The topological polar surface area (TPSA) is 66.6 Å². The molecule has 0 aliphatic rings. The number of nitrogens with one attached hydrogen (secondary N) is 1. The van der Waals surface area contributed by atoms with Crippen molar-refractivity contribution < 1.29 is 14.3 Å². The van der Waals surface area contributed by atoms with Crippen LogP contribution in [-0.2, 0) is 0 Å². The minimum absolute atomic E-state index is 0.112. The summed E-state index contributed by atoms with van der Waals surface area (Å²) < 4.78 is 16.0. The molecule has 2 N–H and O–H groups in total. The van der Waals surface area contributed by atoms with E-state index in [2.05, 4.69) is 10.5 Å². The average Bonchev–Trinajstić information content (AvgIpc) is 3.01.